The van der Waals surface area contributed by atoms with Gasteiger partial charge in [-0.25, -0.2) is 0 Å². The molecule has 6 nitrogen and oxygen atoms in total. The predicted molar refractivity (Wildman–Crippen MR) is 80.7 cm³/mol. The zero-order valence-electron chi connectivity index (χ0n) is 10.3. The molecule has 1 aromatic rings. The first-order valence-corrected chi connectivity index (χ1v) is 6.40. The van der Waals surface area contributed by atoms with E-state index in [1.165, 1.54) is 7.11 Å². The van der Waals surface area contributed by atoms with Crippen LogP contribution >= 0.6 is 35.4 Å². The Morgan fingerprint density at radius 3 is 2.75 bits per heavy atom. The van der Waals surface area contributed by atoms with Crippen LogP contribution in [0.1, 0.15) is 6.42 Å². The number of anilines is 1. The summed E-state index contributed by atoms with van der Waals surface area (Å²) < 4.78 is 5.05. The summed E-state index contributed by atoms with van der Waals surface area (Å²) in [6, 6.07) is 4.85. The summed E-state index contributed by atoms with van der Waals surface area (Å²) in [5, 5.41) is 11.8. The average molecular weight is 333 g/mol. The Morgan fingerprint density at radius 1 is 1.45 bits per heavy atom. The first-order chi connectivity index (χ1) is 9.47. The van der Waals surface area contributed by atoms with Crippen LogP contribution in [0.5, 0.6) is 5.75 Å². The quantitative estimate of drug-likeness (QED) is 0.581. The molecule has 0 aromatic heterocycles. The van der Waals surface area contributed by atoms with Crippen LogP contribution in [-0.4, -0.2) is 18.1 Å². The summed E-state index contributed by atoms with van der Waals surface area (Å²) in [6.45, 7) is 0. The minimum atomic E-state index is -0.497. The number of carbonyl (C=O) groups is 1. The molecule has 0 unspecified atom stereocenters. The molecular formula is C11H10Cl2N4O2S. The Kier molecular flexibility index (Phi) is 6.31. The van der Waals surface area contributed by atoms with Gasteiger partial charge in [0.2, 0.25) is 0 Å². The van der Waals surface area contributed by atoms with Gasteiger partial charge in [-0.15, -0.1) is 0 Å². The summed E-state index contributed by atoms with van der Waals surface area (Å²) in [4.78, 5) is 11.1. The molecule has 0 aliphatic heterocycles. The van der Waals surface area contributed by atoms with E-state index in [2.05, 4.69) is 16.2 Å². The molecule has 0 heterocycles. The van der Waals surface area contributed by atoms with E-state index in [1.807, 2.05) is 0 Å². The topological polar surface area (TPSA) is 86.2 Å². The number of methoxy groups -OCH3 is 1. The van der Waals surface area contributed by atoms with E-state index in [0.717, 1.165) is 0 Å². The molecule has 0 atom stereocenters. The Bertz CT molecular complexity index is 574. The molecule has 1 amide bonds. The smallest absolute Gasteiger partial charge is 0.252 e. The van der Waals surface area contributed by atoms with Crippen LogP contribution < -0.4 is 20.9 Å². The van der Waals surface area contributed by atoms with Gasteiger partial charge in [0, 0.05) is 11.8 Å². The van der Waals surface area contributed by atoms with Crippen molar-refractivity contribution in [1.82, 2.24) is 10.9 Å². The third-order valence-electron chi connectivity index (χ3n) is 2.03. The largest absolute Gasteiger partial charge is 0.495 e. The third-order valence-corrected chi connectivity index (χ3v) is 3.02. The van der Waals surface area contributed by atoms with Gasteiger partial charge in [-0.3, -0.25) is 15.6 Å². The molecule has 0 bridgehead atoms. The molecule has 9 heteroatoms. The van der Waals surface area contributed by atoms with Crippen molar-refractivity contribution in [2.45, 2.75) is 6.42 Å². The summed E-state index contributed by atoms with van der Waals surface area (Å²) in [5.41, 5.74) is 5.22. The Morgan fingerprint density at radius 2 is 2.15 bits per heavy atom. The number of amides is 1. The van der Waals surface area contributed by atoms with E-state index in [1.54, 1.807) is 18.2 Å². The molecule has 0 fully saturated rings. The van der Waals surface area contributed by atoms with Crippen molar-refractivity contribution in [3.8, 4) is 11.8 Å². The molecule has 0 aliphatic carbocycles. The number of hydrazine groups is 1. The molecule has 20 heavy (non-hydrogen) atoms. The van der Waals surface area contributed by atoms with Gasteiger partial charge in [-0.1, -0.05) is 23.2 Å². The molecule has 106 valence electrons. The summed E-state index contributed by atoms with van der Waals surface area (Å²) in [7, 11) is 1.46. The van der Waals surface area contributed by atoms with E-state index in [0.29, 0.717) is 21.5 Å². The maximum atomic E-state index is 11.1. The van der Waals surface area contributed by atoms with Gasteiger partial charge in [-0.2, -0.15) is 5.26 Å². The number of benzene rings is 1. The summed E-state index contributed by atoms with van der Waals surface area (Å²) in [5.74, 6) is -0.110. The van der Waals surface area contributed by atoms with Gasteiger partial charge >= 0.3 is 0 Å². The molecule has 0 aliphatic rings. The molecule has 0 saturated carbocycles. The van der Waals surface area contributed by atoms with Crippen molar-refractivity contribution in [2.24, 2.45) is 0 Å². The van der Waals surface area contributed by atoms with Gasteiger partial charge in [0.05, 0.1) is 18.2 Å². The summed E-state index contributed by atoms with van der Waals surface area (Å²) in [6.07, 6.45) is -0.268. The van der Waals surface area contributed by atoms with Gasteiger partial charge < -0.3 is 10.1 Å². The number of carbonyl (C=O) groups excluding carboxylic acids is 1. The van der Waals surface area contributed by atoms with Crippen LogP contribution in [0.15, 0.2) is 12.1 Å². The highest BCUT2D eigenvalue weighted by molar-refractivity contribution is 7.80. The second kappa shape index (κ2) is 7.75. The van der Waals surface area contributed by atoms with Gasteiger partial charge in [-0.05, 0) is 18.3 Å². The zero-order chi connectivity index (χ0) is 15.1. The molecule has 1 rings (SSSR count). The number of halogens is 2. The van der Waals surface area contributed by atoms with E-state index < -0.39 is 5.91 Å². The van der Waals surface area contributed by atoms with Crippen molar-refractivity contribution >= 4 is 52.1 Å². The van der Waals surface area contributed by atoms with Crippen molar-refractivity contribution in [2.75, 3.05) is 12.4 Å². The fourth-order valence-corrected chi connectivity index (χ4v) is 1.76. The number of nitrogens with one attached hydrogen (secondary N) is 3. The lowest BCUT2D eigenvalue weighted by Gasteiger charge is -2.13. The number of nitrogens with zero attached hydrogens (tertiary/aromatic N) is 1. The average Bonchev–Trinajstić information content (AvgIpc) is 2.40. The first-order valence-electron chi connectivity index (χ1n) is 5.23. The van der Waals surface area contributed by atoms with Crippen LogP contribution in [0.2, 0.25) is 10.0 Å². The lowest BCUT2D eigenvalue weighted by Crippen LogP contribution is -2.43. The molecular weight excluding hydrogens is 323 g/mol. The predicted octanol–water partition coefficient (Wildman–Crippen LogP) is 2.23. The standard InChI is InChI=1S/C11H10Cl2N4O2S/c1-19-8-5-6(4-7(12)10(8)13)15-11(20)17-16-9(18)2-3-14/h4-5H,2H2,1H3,(H,16,18)(H2,15,17,20). The highest BCUT2D eigenvalue weighted by atomic mass is 35.5. The maximum Gasteiger partial charge on any atom is 0.252 e. The Hall–Kier alpha value is -1.75. The zero-order valence-corrected chi connectivity index (χ0v) is 12.6. The van der Waals surface area contributed by atoms with Crippen LogP contribution in [0.25, 0.3) is 0 Å². The molecule has 0 spiro atoms. The van der Waals surface area contributed by atoms with E-state index >= 15 is 0 Å². The van der Waals surface area contributed by atoms with Crippen LogP contribution in [-0.2, 0) is 4.79 Å². The minimum absolute atomic E-state index is 0.122. The van der Waals surface area contributed by atoms with E-state index in [-0.39, 0.29) is 11.5 Å². The summed E-state index contributed by atoms with van der Waals surface area (Å²) >= 11 is 16.8. The molecule has 0 saturated heterocycles. The van der Waals surface area contributed by atoms with Crippen LogP contribution in [0, 0.1) is 11.3 Å². The second-order valence-electron chi connectivity index (χ2n) is 3.44. The van der Waals surface area contributed by atoms with Gasteiger partial charge in [0.1, 0.15) is 17.2 Å². The third kappa shape index (κ3) is 4.74. The number of hydrogen-bond donors (Lipinski definition) is 3. The Labute approximate surface area is 131 Å². The number of hydrogen-bond acceptors (Lipinski definition) is 4. The monoisotopic (exact) mass is 332 g/mol. The molecule has 1 aromatic carbocycles. The van der Waals surface area contributed by atoms with Crippen LogP contribution in [0.3, 0.4) is 0 Å². The lowest BCUT2D eigenvalue weighted by molar-refractivity contribution is -0.120. The fourth-order valence-electron chi connectivity index (χ4n) is 1.19. The van der Waals surface area contributed by atoms with Gasteiger partial charge in [0.15, 0.2) is 5.11 Å². The fraction of sp³-hybridized carbons (Fsp3) is 0.182. The van der Waals surface area contributed by atoms with Crippen molar-refractivity contribution in [1.29, 1.82) is 5.26 Å². The number of ether oxygens (including phenoxy) is 1. The highest BCUT2D eigenvalue weighted by Crippen LogP contribution is 2.35. The minimum Gasteiger partial charge on any atom is -0.495 e. The SMILES string of the molecule is COc1cc(NC(=S)NNC(=O)CC#N)cc(Cl)c1Cl. The van der Waals surface area contributed by atoms with Crippen molar-refractivity contribution in [3.05, 3.63) is 22.2 Å². The van der Waals surface area contributed by atoms with Crippen molar-refractivity contribution in [3.63, 3.8) is 0 Å². The van der Waals surface area contributed by atoms with E-state index in [4.69, 9.17) is 45.4 Å². The lowest BCUT2D eigenvalue weighted by atomic mass is 10.3. The van der Waals surface area contributed by atoms with Crippen molar-refractivity contribution < 1.29 is 9.53 Å². The molecule has 0 radical (unpaired) electrons. The van der Waals surface area contributed by atoms with Crippen LogP contribution in [0.4, 0.5) is 5.69 Å². The number of rotatable bonds is 3. The maximum absolute atomic E-state index is 11.1. The van der Waals surface area contributed by atoms with Gasteiger partial charge in [0.25, 0.3) is 5.91 Å². The second-order valence-corrected chi connectivity index (χ2v) is 4.63. The van der Waals surface area contributed by atoms with E-state index in [9.17, 15) is 4.79 Å². The molecule has 3 N–H and O–H groups in total. The normalized spacial score (nSPS) is 9.30. The Balaban J connectivity index is 2.65. The highest BCUT2D eigenvalue weighted by Gasteiger charge is 2.09. The first kappa shape index (κ1) is 16.3. The number of thiocarbonyl (C=S) groups is 1. The number of nitriles is 1.